The fraction of sp³-hybridized carbons (Fsp3) is 0.733. The van der Waals surface area contributed by atoms with Crippen LogP contribution in [-0.2, 0) is 0 Å². The maximum atomic E-state index is 5.47. The monoisotopic (exact) mass is 278 g/mol. The second kappa shape index (κ2) is 7.43. The normalized spacial score (nSPS) is 19.1. The molecule has 5 nitrogen and oxygen atoms in total. The average Bonchev–Trinajstić information content (AvgIpc) is 2.46. The van der Waals surface area contributed by atoms with Crippen molar-refractivity contribution in [1.82, 2.24) is 15.3 Å². The SMILES string of the molecule is CCOc1cc(N(CC2CCCCN2)C(C)C)ncn1. The summed E-state index contributed by atoms with van der Waals surface area (Å²) in [6.45, 7) is 9.11. The fourth-order valence-corrected chi connectivity index (χ4v) is 2.60. The minimum atomic E-state index is 0.406. The van der Waals surface area contributed by atoms with Crippen LogP contribution in [-0.4, -0.2) is 41.7 Å². The van der Waals surface area contributed by atoms with E-state index in [0.29, 0.717) is 24.6 Å². The van der Waals surface area contributed by atoms with Crippen LogP contribution in [0.25, 0.3) is 0 Å². The van der Waals surface area contributed by atoms with E-state index in [2.05, 4.69) is 34.0 Å². The van der Waals surface area contributed by atoms with E-state index in [1.165, 1.54) is 19.3 Å². The maximum absolute atomic E-state index is 5.47. The molecule has 1 fully saturated rings. The van der Waals surface area contributed by atoms with E-state index in [9.17, 15) is 0 Å². The molecule has 1 atom stereocenters. The van der Waals surface area contributed by atoms with Crippen LogP contribution in [0.3, 0.4) is 0 Å². The summed E-state index contributed by atoms with van der Waals surface area (Å²) < 4.78 is 5.47. The van der Waals surface area contributed by atoms with Gasteiger partial charge in [0.25, 0.3) is 0 Å². The Morgan fingerprint density at radius 1 is 1.40 bits per heavy atom. The van der Waals surface area contributed by atoms with Gasteiger partial charge in [-0.25, -0.2) is 9.97 Å². The van der Waals surface area contributed by atoms with Gasteiger partial charge in [0.1, 0.15) is 12.1 Å². The van der Waals surface area contributed by atoms with Gasteiger partial charge in [0.05, 0.1) is 6.61 Å². The first-order valence-electron chi connectivity index (χ1n) is 7.65. The van der Waals surface area contributed by atoms with Crippen molar-refractivity contribution < 1.29 is 4.74 Å². The zero-order chi connectivity index (χ0) is 14.4. The predicted molar refractivity (Wildman–Crippen MR) is 81.3 cm³/mol. The minimum absolute atomic E-state index is 0.406. The molecule has 5 heteroatoms. The number of hydrogen-bond donors (Lipinski definition) is 1. The molecule has 0 aromatic carbocycles. The molecule has 0 aliphatic carbocycles. The summed E-state index contributed by atoms with van der Waals surface area (Å²) in [5.74, 6) is 1.60. The van der Waals surface area contributed by atoms with E-state index in [0.717, 1.165) is 18.9 Å². The Kier molecular flexibility index (Phi) is 5.59. The highest BCUT2D eigenvalue weighted by molar-refractivity contribution is 5.42. The third-order valence-electron chi connectivity index (χ3n) is 3.67. The molecule has 0 radical (unpaired) electrons. The summed E-state index contributed by atoms with van der Waals surface area (Å²) in [6.07, 6.45) is 5.44. The molecule has 2 heterocycles. The quantitative estimate of drug-likeness (QED) is 0.865. The smallest absolute Gasteiger partial charge is 0.218 e. The molecule has 0 bridgehead atoms. The van der Waals surface area contributed by atoms with Crippen LogP contribution in [0.15, 0.2) is 12.4 Å². The summed E-state index contributed by atoms with van der Waals surface area (Å²) in [7, 11) is 0. The lowest BCUT2D eigenvalue weighted by molar-refractivity contribution is 0.326. The van der Waals surface area contributed by atoms with Gasteiger partial charge < -0.3 is 15.0 Å². The molecule has 0 amide bonds. The summed E-state index contributed by atoms with van der Waals surface area (Å²) in [5, 5.41) is 3.60. The molecule has 1 aliphatic heterocycles. The molecule has 1 aromatic rings. The summed E-state index contributed by atoms with van der Waals surface area (Å²) >= 11 is 0. The predicted octanol–water partition coefficient (Wildman–Crippen LogP) is 2.23. The van der Waals surface area contributed by atoms with Crippen molar-refractivity contribution in [1.29, 1.82) is 0 Å². The van der Waals surface area contributed by atoms with E-state index in [4.69, 9.17) is 4.74 Å². The van der Waals surface area contributed by atoms with Crippen LogP contribution in [0, 0.1) is 0 Å². The van der Waals surface area contributed by atoms with Crippen LogP contribution in [0.1, 0.15) is 40.0 Å². The van der Waals surface area contributed by atoms with Gasteiger partial charge in [0.2, 0.25) is 5.88 Å². The van der Waals surface area contributed by atoms with Gasteiger partial charge >= 0.3 is 0 Å². The van der Waals surface area contributed by atoms with Crippen LogP contribution in [0.4, 0.5) is 5.82 Å². The third kappa shape index (κ3) is 4.07. The molecular weight excluding hydrogens is 252 g/mol. The minimum Gasteiger partial charge on any atom is -0.478 e. The van der Waals surface area contributed by atoms with Crippen molar-refractivity contribution in [3.8, 4) is 5.88 Å². The van der Waals surface area contributed by atoms with Crippen molar-refractivity contribution in [3.05, 3.63) is 12.4 Å². The summed E-state index contributed by atoms with van der Waals surface area (Å²) in [4.78, 5) is 10.9. The molecule has 1 N–H and O–H groups in total. The Morgan fingerprint density at radius 2 is 2.25 bits per heavy atom. The van der Waals surface area contributed by atoms with E-state index in [1.54, 1.807) is 6.33 Å². The van der Waals surface area contributed by atoms with E-state index >= 15 is 0 Å². The molecule has 20 heavy (non-hydrogen) atoms. The van der Waals surface area contributed by atoms with E-state index in [-0.39, 0.29) is 0 Å². The van der Waals surface area contributed by atoms with E-state index < -0.39 is 0 Å². The lowest BCUT2D eigenvalue weighted by Crippen LogP contribution is -2.46. The second-order valence-corrected chi connectivity index (χ2v) is 5.54. The molecule has 1 saturated heterocycles. The molecule has 112 valence electrons. The highest BCUT2D eigenvalue weighted by Gasteiger charge is 2.20. The van der Waals surface area contributed by atoms with Gasteiger partial charge in [-0.2, -0.15) is 0 Å². The lowest BCUT2D eigenvalue weighted by Gasteiger charge is -2.34. The Morgan fingerprint density at radius 3 is 2.90 bits per heavy atom. The first-order chi connectivity index (χ1) is 9.70. The van der Waals surface area contributed by atoms with Crippen LogP contribution >= 0.6 is 0 Å². The van der Waals surface area contributed by atoms with Crippen molar-refractivity contribution >= 4 is 5.82 Å². The maximum Gasteiger partial charge on any atom is 0.218 e. The highest BCUT2D eigenvalue weighted by atomic mass is 16.5. The second-order valence-electron chi connectivity index (χ2n) is 5.54. The van der Waals surface area contributed by atoms with Gasteiger partial charge in [-0.15, -0.1) is 0 Å². The molecule has 0 saturated carbocycles. The molecule has 1 unspecified atom stereocenters. The highest BCUT2D eigenvalue weighted by Crippen LogP contribution is 2.20. The van der Waals surface area contributed by atoms with Gasteiger partial charge in [0.15, 0.2) is 0 Å². The van der Waals surface area contributed by atoms with Crippen LogP contribution in [0.5, 0.6) is 5.88 Å². The lowest BCUT2D eigenvalue weighted by atomic mass is 10.0. The van der Waals surface area contributed by atoms with Gasteiger partial charge in [-0.3, -0.25) is 0 Å². The first kappa shape index (κ1) is 15.0. The number of hydrogen-bond acceptors (Lipinski definition) is 5. The van der Waals surface area contributed by atoms with Gasteiger partial charge in [-0.1, -0.05) is 6.42 Å². The molecular formula is C15H26N4O. The summed E-state index contributed by atoms with van der Waals surface area (Å²) in [5.41, 5.74) is 0. The third-order valence-corrected chi connectivity index (χ3v) is 3.67. The van der Waals surface area contributed by atoms with Gasteiger partial charge in [-0.05, 0) is 40.2 Å². The molecule has 1 aromatic heterocycles. The zero-order valence-corrected chi connectivity index (χ0v) is 12.8. The fourth-order valence-electron chi connectivity index (χ4n) is 2.60. The molecule has 2 rings (SSSR count). The van der Waals surface area contributed by atoms with Crippen molar-refractivity contribution in [2.45, 2.75) is 52.1 Å². The Balaban J connectivity index is 2.08. The van der Waals surface area contributed by atoms with Crippen molar-refractivity contribution in [2.24, 2.45) is 0 Å². The number of piperidine rings is 1. The number of nitrogens with one attached hydrogen (secondary N) is 1. The van der Waals surface area contributed by atoms with Crippen LogP contribution in [0.2, 0.25) is 0 Å². The number of rotatable bonds is 6. The standard InChI is InChI=1S/C15H26N4O/c1-4-20-15-9-14(17-11-18-15)19(12(2)3)10-13-7-5-6-8-16-13/h9,11-13,16H,4-8,10H2,1-3H3. The largest absolute Gasteiger partial charge is 0.478 e. The Bertz CT molecular complexity index is 405. The molecule has 1 aliphatic rings. The number of anilines is 1. The average molecular weight is 278 g/mol. The topological polar surface area (TPSA) is 50.3 Å². The van der Waals surface area contributed by atoms with Crippen molar-refractivity contribution in [2.75, 3.05) is 24.6 Å². The van der Waals surface area contributed by atoms with E-state index in [1.807, 2.05) is 13.0 Å². The van der Waals surface area contributed by atoms with Gasteiger partial charge in [0, 0.05) is 24.7 Å². The Hall–Kier alpha value is -1.36. The first-order valence-corrected chi connectivity index (χ1v) is 7.65. The zero-order valence-electron chi connectivity index (χ0n) is 12.8. The summed E-state index contributed by atoms with van der Waals surface area (Å²) in [6, 6.07) is 2.89. The number of aromatic nitrogens is 2. The number of ether oxygens (including phenoxy) is 1. The number of nitrogens with zero attached hydrogens (tertiary/aromatic N) is 3. The van der Waals surface area contributed by atoms with Crippen molar-refractivity contribution in [3.63, 3.8) is 0 Å². The Labute approximate surface area is 121 Å². The van der Waals surface area contributed by atoms with Crippen LogP contribution < -0.4 is 15.0 Å². The molecule has 0 spiro atoms.